The van der Waals surface area contributed by atoms with Crippen molar-refractivity contribution in [2.75, 3.05) is 26.2 Å². The lowest BCUT2D eigenvalue weighted by Gasteiger charge is -2.17. The van der Waals surface area contributed by atoms with Crippen LogP contribution in [0.2, 0.25) is 0 Å². The van der Waals surface area contributed by atoms with Crippen LogP contribution in [0.4, 0.5) is 0 Å². The molecule has 1 aromatic heterocycles. The van der Waals surface area contributed by atoms with E-state index in [1.54, 1.807) is 0 Å². The topological polar surface area (TPSA) is 45.2 Å². The number of rotatable bonds is 8. The van der Waals surface area contributed by atoms with Crippen molar-refractivity contribution in [1.29, 1.82) is 0 Å². The second-order valence-electron chi connectivity index (χ2n) is 5.47. The van der Waals surface area contributed by atoms with Gasteiger partial charge in [-0.15, -0.1) is 11.3 Å². The van der Waals surface area contributed by atoms with Crippen LogP contribution in [0.5, 0.6) is 0 Å². The Hall–Kier alpha value is -1.72. The van der Waals surface area contributed by atoms with Crippen LogP contribution in [0.3, 0.4) is 0 Å². The van der Waals surface area contributed by atoms with Gasteiger partial charge in [-0.3, -0.25) is 4.79 Å². The van der Waals surface area contributed by atoms with Gasteiger partial charge in [0.15, 0.2) is 0 Å². The Labute approximate surface area is 142 Å². The number of amides is 1. The van der Waals surface area contributed by atoms with Gasteiger partial charge in [0.25, 0.3) is 5.91 Å². The highest BCUT2D eigenvalue weighted by molar-refractivity contribution is 7.13. The summed E-state index contributed by atoms with van der Waals surface area (Å²) < 4.78 is 0. The molecule has 0 bridgehead atoms. The SMILES string of the molecule is CCN(CC)CCNC(=O)c1sc(Cc2ccccc2)nc1C. The Morgan fingerprint density at radius 3 is 2.57 bits per heavy atom. The third-order valence-electron chi connectivity index (χ3n) is 3.85. The number of benzene rings is 1. The molecule has 2 rings (SSSR count). The van der Waals surface area contributed by atoms with E-state index in [2.05, 4.69) is 41.2 Å². The van der Waals surface area contributed by atoms with Crippen LogP contribution in [-0.2, 0) is 6.42 Å². The fourth-order valence-corrected chi connectivity index (χ4v) is 3.47. The predicted octanol–water partition coefficient (Wildman–Crippen LogP) is 3.11. The van der Waals surface area contributed by atoms with Gasteiger partial charge >= 0.3 is 0 Å². The van der Waals surface area contributed by atoms with Crippen LogP contribution in [-0.4, -0.2) is 42.0 Å². The Bertz CT molecular complexity index is 620. The molecule has 4 nitrogen and oxygen atoms in total. The molecular weight excluding hydrogens is 306 g/mol. The number of aromatic nitrogens is 1. The normalized spacial score (nSPS) is 11.0. The quantitative estimate of drug-likeness (QED) is 0.808. The van der Waals surface area contributed by atoms with E-state index < -0.39 is 0 Å². The molecule has 0 atom stereocenters. The minimum Gasteiger partial charge on any atom is -0.350 e. The van der Waals surface area contributed by atoms with Crippen molar-refractivity contribution in [3.05, 3.63) is 51.5 Å². The van der Waals surface area contributed by atoms with E-state index in [1.807, 2.05) is 25.1 Å². The van der Waals surface area contributed by atoms with E-state index in [1.165, 1.54) is 16.9 Å². The molecule has 1 amide bonds. The zero-order chi connectivity index (χ0) is 16.7. The summed E-state index contributed by atoms with van der Waals surface area (Å²) >= 11 is 1.50. The maximum absolute atomic E-state index is 12.3. The molecule has 0 saturated heterocycles. The van der Waals surface area contributed by atoms with Gasteiger partial charge in [-0.1, -0.05) is 44.2 Å². The number of thiazole rings is 1. The van der Waals surface area contributed by atoms with E-state index >= 15 is 0 Å². The summed E-state index contributed by atoms with van der Waals surface area (Å²) in [5.41, 5.74) is 2.04. The lowest BCUT2D eigenvalue weighted by atomic mass is 10.2. The molecule has 124 valence electrons. The number of carbonyl (C=O) groups is 1. The highest BCUT2D eigenvalue weighted by atomic mass is 32.1. The molecule has 0 radical (unpaired) electrons. The summed E-state index contributed by atoms with van der Waals surface area (Å²) in [6, 6.07) is 10.2. The molecule has 0 aliphatic carbocycles. The number of hydrogen-bond acceptors (Lipinski definition) is 4. The summed E-state index contributed by atoms with van der Waals surface area (Å²) in [4.78, 5) is 19.9. The van der Waals surface area contributed by atoms with Crippen molar-refractivity contribution in [2.45, 2.75) is 27.2 Å². The van der Waals surface area contributed by atoms with Crippen molar-refractivity contribution >= 4 is 17.2 Å². The molecule has 0 fully saturated rings. The van der Waals surface area contributed by atoms with Gasteiger partial charge in [0.2, 0.25) is 0 Å². The Morgan fingerprint density at radius 1 is 1.22 bits per heavy atom. The second-order valence-corrected chi connectivity index (χ2v) is 6.55. The fourth-order valence-electron chi connectivity index (χ4n) is 2.46. The number of hydrogen-bond donors (Lipinski definition) is 1. The smallest absolute Gasteiger partial charge is 0.263 e. The summed E-state index contributed by atoms with van der Waals surface area (Å²) in [6.45, 7) is 9.74. The summed E-state index contributed by atoms with van der Waals surface area (Å²) in [7, 11) is 0. The van der Waals surface area contributed by atoms with Gasteiger partial charge in [0.1, 0.15) is 4.88 Å². The van der Waals surface area contributed by atoms with E-state index in [-0.39, 0.29) is 5.91 Å². The van der Waals surface area contributed by atoms with Crippen molar-refractivity contribution in [2.24, 2.45) is 0 Å². The molecule has 23 heavy (non-hydrogen) atoms. The van der Waals surface area contributed by atoms with E-state index in [0.717, 1.165) is 41.6 Å². The van der Waals surface area contributed by atoms with E-state index in [4.69, 9.17) is 0 Å². The number of carbonyl (C=O) groups excluding carboxylic acids is 1. The first-order valence-electron chi connectivity index (χ1n) is 8.14. The molecule has 1 heterocycles. The van der Waals surface area contributed by atoms with Crippen LogP contribution in [0, 0.1) is 6.92 Å². The van der Waals surface area contributed by atoms with Crippen LogP contribution >= 0.6 is 11.3 Å². The van der Waals surface area contributed by atoms with Crippen molar-refractivity contribution in [3.63, 3.8) is 0 Å². The van der Waals surface area contributed by atoms with Crippen LogP contribution in [0.1, 0.15) is 39.8 Å². The lowest BCUT2D eigenvalue weighted by Crippen LogP contribution is -2.34. The third kappa shape index (κ3) is 5.15. The Balaban J connectivity index is 1.93. The fraction of sp³-hybridized carbons (Fsp3) is 0.444. The minimum atomic E-state index is -0.00790. The maximum Gasteiger partial charge on any atom is 0.263 e. The van der Waals surface area contributed by atoms with Gasteiger partial charge in [-0.05, 0) is 25.6 Å². The summed E-state index contributed by atoms with van der Waals surface area (Å²) in [5.74, 6) is -0.00790. The molecule has 0 unspecified atom stereocenters. The Morgan fingerprint density at radius 2 is 1.91 bits per heavy atom. The summed E-state index contributed by atoms with van der Waals surface area (Å²) in [6.07, 6.45) is 0.777. The first-order valence-corrected chi connectivity index (χ1v) is 8.96. The molecule has 0 aliphatic rings. The average molecular weight is 331 g/mol. The van der Waals surface area contributed by atoms with Crippen LogP contribution < -0.4 is 5.32 Å². The van der Waals surface area contributed by atoms with Crippen LogP contribution in [0.15, 0.2) is 30.3 Å². The third-order valence-corrected chi connectivity index (χ3v) is 5.01. The van der Waals surface area contributed by atoms with Crippen molar-refractivity contribution < 1.29 is 4.79 Å². The highest BCUT2D eigenvalue weighted by Crippen LogP contribution is 2.20. The maximum atomic E-state index is 12.3. The molecule has 5 heteroatoms. The van der Waals surface area contributed by atoms with Gasteiger partial charge in [-0.25, -0.2) is 4.98 Å². The standard InChI is InChI=1S/C18H25N3OS/c1-4-21(5-2)12-11-19-18(22)17-14(3)20-16(23-17)13-15-9-7-6-8-10-15/h6-10H,4-5,11-13H2,1-3H3,(H,19,22). The largest absolute Gasteiger partial charge is 0.350 e. The van der Waals surface area contributed by atoms with Gasteiger partial charge < -0.3 is 10.2 Å². The molecular formula is C18H25N3OS. The highest BCUT2D eigenvalue weighted by Gasteiger charge is 2.15. The van der Waals surface area contributed by atoms with Gasteiger partial charge in [0.05, 0.1) is 10.7 Å². The molecule has 0 spiro atoms. The number of nitrogens with one attached hydrogen (secondary N) is 1. The molecule has 1 aromatic carbocycles. The predicted molar refractivity (Wildman–Crippen MR) is 96.2 cm³/mol. The van der Waals surface area contributed by atoms with Crippen LogP contribution in [0.25, 0.3) is 0 Å². The molecule has 0 saturated carbocycles. The van der Waals surface area contributed by atoms with Crippen molar-refractivity contribution in [3.8, 4) is 0 Å². The first kappa shape index (κ1) is 17.6. The van der Waals surface area contributed by atoms with Gasteiger partial charge in [-0.2, -0.15) is 0 Å². The molecule has 0 aliphatic heterocycles. The van der Waals surface area contributed by atoms with E-state index in [0.29, 0.717) is 6.54 Å². The minimum absolute atomic E-state index is 0.00790. The first-order chi connectivity index (χ1) is 11.1. The van der Waals surface area contributed by atoms with Crippen molar-refractivity contribution in [1.82, 2.24) is 15.2 Å². The summed E-state index contributed by atoms with van der Waals surface area (Å²) in [5, 5.41) is 3.99. The molecule has 1 N–H and O–H groups in total. The monoisotopic (exact) mass is 331 g/mol. The van der Waals surface area contributed by atoms with Gasteiger partial charge in [0, 0.05) is 19.5 Å². The lowest BCUT2D eigenvalue weighted by molar-refractivity contribution is 0.0952. The number of nitrogens with zero attached hydrogens (tertiary/aromatic N) is 2. The second kappa shape index (κ2) is 8.79. The number of aryl methyl sites for hydroxylation is 1. The Kier molecular flexibility index (Phi) is 6.74. The molecule has 2 aromatic rings. The number of likely N-dealkylation sites (N-methyl/N-ethyl adjacent to an activating group) is 1. The average Bonchev–Trinajstić information content (AvgIpc) is 2.93. The zero-order valence-corrected chi connectivity index (χ0v) is 14.9. The van der Waals surface area contributed by atoms with E-state index in [9.17, 15) is 4.79 Å². The zero-order valence-electron chi connectivity index (χ0n) is 14.1.